The fourth-order valence-corrected chi connectivity index (χ4v) is 2.66. The first-order valence-electron chi connectivity index (χ1n) is 5.49. The standard InChI is InChI=1S/C13H13ClFNOS/c1-8-5-6-12(18-8)11(7-16)17-10-4-2-3-9(14)13(10)15/h2-6,11H,7,16H2,1H3. The summed E-state index contributed by atoms with van der Waals surface area (Å²) >= 11 is 7.30. The van der Waals surface area contributed by atoms with Gasteiger partial charge >= 0.3 is 0 Å². The molecule has 2 N–H and O–H groups in total. The summed E-state index contributed by atoms with van der Waals surface area (Å²) < 4.78 is 19.3. The largest absolute Gasteiger partial charge is 0.480 e. The number of nitrogens with two attached hydrogens (primary N) is 1. The molecule has 5 heteroatoms. The summed E-state index contributed by atoms with van der Waals surface area (Å²) in [5, 5.41) is 0.0469. The Labute approximate surface area is 114 Å². The van der Waals surface area contributed by atoms with Crippen molar-refractivity contribution in [1.29, 1.82) is 0 Å². The Morgan fingerprint density at radius 2 is 2.17 bits per heavy atom. The van der Waals surface area contributed by atoms with Crippen LogP contribution in [0.3, 0.4) is 0 Å². The van der Waals surface area contributed by atoms with E-state index < -0.39 is 5.82 Å². The lowest BCUT2D eigenvalue weighted by molar-refractivity contribution is 0.208. The smallest absolute Gasteiger partial charge is 0.183 e. The molecule has 1 unspecified atom stereocenters. The zero-order chi connectivity index (χ0) is 13.1. The Bertz CT molecular complexity index is 544. The van der Waals surface area contributed by atoms with Crippen molar-refractivity contribution in [2.24, 2.45) is 5.73 Å². The molecule has 0 aliphatic heterocycles. The van der Waals surface area contributed by atoms with Crippen LogP contribution in [-0.2, 0) is 0 Å². The quantitative estimate of drug-likeness (QED) is 0.924. The molecule has 2 aromatic rings. The van der Waals surface area contributed by atoms with E-state index >= 15 is 0 Å². The maximum Gasteiger partial charge on any atom is 0.183 e. The summed E-state index contributed by atoms with van der Waals surface area (Å²) in [5.74, 6) is -0.421. The van der Waals surface area contributed by atoms with E-state index in [4.69, 9.17) is 22.1 Å². The maximum atomic E-state index is 13.7. The molecule has 1 aromatic carbocycles. The fourth-order valence-electron chi connectivity index (χ4n) is 1.58. The highest BCUT2D eigenvalue weighted by Gasteiger charge is 2.16. The zero-order valence-corrected chi connectivity index (χ0v) is 11.4. The van der Waals surface area contributed by atoms with E-state index in [0.717, 1.165) is 4.88 Å². The van der Waals surface area contributed by atoms with Crippen molar-refractivity contribution in [3.8, 4) is 5.75 Å². The van der Waals surface area contributed by atoms with Gasteiger partial charge in [-0.1, -0.05) is 17.7 Å². The predicted octanol–water partition coefficient (Wildman–Crippen LogP) is 3.93. The van der Waals surface area contributed by atoms with Crippen molar-refractivity contribution in [3.05, 3.63) is 50.9 Å². The third-order valence-corrected chi connectivity index (χ3v) is 3.86. The summed E-state index contributed by atoms with van der Waals surface area (Å²) in [6.07, 6.45) is -0.350. The second-order valence-corrected chi connectivity index (χ2v) is 5.57. The van der Waals surface area contributed by atoms with Crippen LogP contribution in [0.4, 0.5) is 4.39 Å². The van der Waals surface area contributed by atoms with Crippen molar-refractivity contribution in [1.82, 2.24) is 0 Å². The Balaban J connectivity index is 2.23. The molecule has 96 valence electrons. The van der Waals surface area contributed by atoms with Crippen molar-refractivity contribution >= 4 is 22.9 Å². The van der Waals surface area contributed by atoms with Gasteiger partial charge in [-0.2, -0.15) is 0 Å². The van der Waals surface area contributed by atoms with E-state index in [9.17, 15) is 4.39 Å². The first-order valence-corrected chi connectivity index (χ1v) is 6.68. The molecule has 2 rings (SSSR count). The Kier molecular flexibility index (Phi) is 4.22. The summed E-state index contributed by atoms with van der Waals surface area (Å²) in [6, 6.07) is 8.61. The molecule has 1 heterocycles. The second kappa shape index (κ2) is 5.69. The van der Waals surface area contributed by atoms with Gasteiger partial charge in [0, 0.05) is 16.3 Å². The minimum Gasteiger partial charge on any atom is -0.480 e. The molecular formula is C13H13ClFNOS. The minimum absolute atomic E-state index is 0.0469. The predicted molar refractivity (Wildman–Crippen MR) is 72.9 cm³/mol. The SMILES string of the molecule is Cc1ccc(C(CN)Oc2cccc(Cl)c2F)s1. The Morgan fingerprint density at radius 1 is 1.39 bits per heavy atom. The first-order chi connectivity index (χ1) is 8.61. The van der Waals surface area contributed by atoms with Gasteiger partial charge in [0.25, 0.3) is 0 Å². The summed E-state index contributed by atoms with van der Waals surface area (Å²) in [6.45, 7) is 2.29. The van der Waals surface area contributed by atoms with Crippen LogP contribution in [0.15, 0.2) is 30.3 Å². The third kappa shape index (κ3) is 2.83. The van der Waals surface area contributed by atoms with Crippen LogP contribution >= 0.6 is 22.9 Å². The van der Waals surface area contributed by atoms with Crippen LogP contribution in [0.2, 0.25) is 5.02 Å². The maximum absolute atomic E-state index is 13.7. The summed E-state index contributed by atoms with van der Waals surface area (Å²) in [5.41, 5.74) is 5.68. The van der Waals surface area contributed by atoms with E-state index in [1.54, 1.807) is 23.5 Å². The van der Waals surface area contributed by atoms with Crippen molar-refractivity contribution < 1.29 is 9.13 Å². The van der Waals surface area contributed by atoms with Crippen molar-refractivity contribution in [2.45, 2.75) is 13.0 Å². The number of rotatable bonds is 4. The van der Waals surface area contributed by atoms with E-state index in [0.29, 0.717) is 0 Å². The number of ether oxygens (including phenoxy) is 1. The van der Waals surface area contributed by atoms with E-state index in [2.05, 4.69) is 0 Å². The molecule has 0 aliphatic carbocycles. The molecule has 0 saturated heterocycles. The van der Waals surface area contributed by atoms with Gasteiger partial charge in [0.15, 0.2) is 11.6 Å². The highest BCUT2D eigenvalue weighted by Crippen LogP contribution is 2.30. The van der Waals surface area contributed by atoms with Crippen LogP contribution in [0, 0.1) is 12.7 Å². The molecule has 0 amide bonds. The number of hydrogen-bond donors (Lipinski definition) is 1. The van der Waals surface area contributed by atoms with Gasteiger partial charge < -0.3 is 10.5 Å². The topological polar surface area (TPSA) is 35.2 Å². The van der Waals surface area contributed by atoms with Gasteiger partial charge in [0.1, 0.15) is 6.10 Å². The minimum atomic E-state index is -0.550. The lowest BCUT2D eigenvalue weighted by Gasteiger charge is -2.16. The lowest BCUT2D eigenvalue weighted by Crippen LogP contribution is -2.17. The van der Waals surface area contributed by atoms with Crippen molar-refractivity contribution in [3.63, 3.8) is 0 Å². The molecule has 0 aliphatic rings. The Hall–Kier alpha value is -1.10. The second-order valence-electron chi connectivity index (χ2n) is 3.84. The molecule has 0 fully saturated rings. The summed E-state index contributed by atoms with van der Waals surface area (Å²) in [7, 11) is 0. The van der Waals surface area contributed by atoms with Gasteiger partial charge in [0.05, 0.1) is 5.02 Å². The van der Waals surface area contributed by atoms with Crippen LogP contribution in [0.1, 0.15) is 15.9 Å². The molecule has 18 heavy (non-hydrogen) atoms. The third-order valence-electron chi connectivity index (χ3n) is 2.48. The van der Waals surface area contributed by atoms with E-state index in [-0.39, 0.29) is 23.4 Å². The zero-order valence-electron chi connectivity index (χ0n) is 9.82. The molecule has 1 atom stereocenters. The molecule has 0 saturated carbocycles. The average molecular weight is 286 g/mol. The first kappa shape index (κ1) is 13.3. The van der Waals surface area contributed by atoms with E-state index in [1.165, 1.54) is 10.9 Å². The molecular weight excluding hydrogens is 273 g/mol. The van der Waals surface area contributed by atoms with E-state index in [1.807, 2.05) is 19.1 Å². The van der Waals surface area contributed by atoms with Gasteiger partial charge in [-0.05, 0) is 31.2 Å². The van der Waals surface area contributed by atoms with Gasteiger partial charge in [0.2, 0.25) is 0 Å². The molecule has 0 spiro atoms. The molecule has 0 bridgehead atoms. The van der Waals surface area contributed by atoms with Crippen LogP contribution in [0.25, 0.3) is 0 Å². The van der Waals surface area contributed by atoms with Crippen LogP contribution < -0.4 is 10.5 Å². The monoisotopic (exact) mass is 285 g/mol. The molecule has 1 aromatic heterocycles. The van der Waals surface area contributed by atoms with Gasteiger partial charge in [-0.25, -0.2) is 4.39 Å². The number of halogens is 2. The van der Waals surface area contributed by atoms with Gasteiger partial charge in [-0.15, -0.1) is 11.3 Å². The molecule has 0 radical (unpaired) electrons. The normalized spacial score (nSPS) is 12.4. The van der Waals surface area contributed by atoms with Crippen LogP contribution in [0.5, 0.6) is 5.75 Å². The number of thiophene rings is 1. The Morgan fingerprint density at radius 3 is 2.78 bits per heavy atom. The van der Waals surface area contributed by atoms with Crippen molar-refractivity contribution in [2.75, 3.05) is 6.54 Å². The number of hydrogen-bond acceptors (Lipinski definition) is 3. The molecule has 2 nitrogen and oxygen atoms in total. The number of aryl methyl sites for hydroxylation is 1. The van der Waals surface area contributed by atoms with Gasteiger partial charge in [-0.3, -0.25) is 0 Å². The number of benzene rings is 1. The average Bonchev–Trinajstić information content (AvgIpc) is 2.78. The highest BCUT2D eigenvalue weighted by atomic mass is 35.5. The highest BCUT2D eigenvalue weighted by molar-refractivity contribution is 7.12. The van der Waals surface area contributed by atoms with Crippen LogP contribution in [-0.4, -0.2) is 6.54 Å². The summed E-state index contributed by atoms with van der Waals surface area (Å²) in [4.78, 5) is 2.15. The lowest BCUT2D eigenvalue weighted by atomic mass is 10.2. The fraction of sp³-hybridized carbons (Fsp3) is 0.231.